The van der Waals surface area contributed by atoms with Gasteiger partial charge in [0.1, 0.15) is 0 Å². The van der Waals surface area contributed by atoms with Crippen molar-refractivity contribution in [2.45, 2.75) is 24.6 Å². The summed E-state index contributed by atoms with van der Waals surface area (Å²) in [6, 6.07) is 12.4. The van der Waals surface area contributed by atoms with Gasteiger partial charge in [-0.25, -0.2) is 0 Å². The lowest BCUT2D eigenvalue weighted by atomic mass is 10.0. The molecule has 1 aliphatic heterocycles. The van der Waals surface area contributed by atoms with Crippen LogP contribution < -0.4 is 0 Å². The van der Waals surface area contributed by atoms with Crippen LogP contribution in [-0.4, -0.2) is 8.80 Å². The summed E-state index contributed by atoms with van der Waals surface area (Å²) in [6.07, 6.45) is 0. The molecule has 0 aromatic heterocycles. The van der Waals surface area contributed by atoms with Crippen LogP contribution in [0.4, 0.5) is 0 Å². The second-order valence-electron chi connectivity index (χ2n) is 3.89. The van der Waals surface area contributed by atoms with Crippen LogP contribution in [0.15, 0.2) is 30.3 Å². The van der Waals surface area contributed by atoms with Crippen LogP contribution >= 0.6 is 0 Å². The van der Waals surface area contributed by atoms with Gasteiger partial charge in [0, 0.05) is 8.80 Å². The van der Waals surface area contributed by atoms with E-state index in [-0.39, 0.29) is 8.80 Å². The lowest BCUT2D eigenvalue weighted by Gasteiger charge is -2.08. The van der Waals surface area contributed by atoms with Crippen LogP contribution in [-0.2, 0) is 5.04 Å². The van der Waals surface area contributed by atoms with E-state index in [0.717, 1.165) is 0 Å². The summed E-state index contributed by atoms with van der Waals surface area (Å²) < 4.78 is 0. The molecule has 0 bridgehead atoms. The Balaban J connectivity index is 2.32. The third-order valence-corrected chi connectivity index (χ3v) is 6.74. The first kappa shape index (κ1) is 7.11. The fraction of sp³-hybridized carbons (Fsp3) is 0.400. The van der Waals surface area contributed by atoms with Crippen molar-refractivity contribution < 1.29 is 0 Å². The Morgan fingerprint density at radius 2 is 1.82 bits per heavy atom. The topological polar surface area (TPSA) is 0 Å². The van der Waals surface area contributed by atoms with Gasteiger partial charge in [0.25, 0.3) is 0 Å². The van der Waals surface area contributed by atoms with Crippen LogP contribution in [0.3, 0.4) is 0 Å². The zero-order chi connectivity index (χ0) is 7.90. The Kier molecular flexibility index (Phi) is 1.43. The molecule has 2 rings (SSSR count). The van der Waals surface area contributed by atoms with E-state index in [4.69, 9.17) is 0 Å². The number of hydrogen-bond acceptors (Lipinski definition) is 0. The van der Waals surface area contributed by atoms with Gasteiger partial charge >= 0.3 is 0 Å². The highest BCUT2D eigenvalue weighted by atomic mass is 28.3. The van der Waals surface area contributed by atoms with E-state index < -0.39 is 0 Å². The van der Waals surface area contributed by atoms with Crippen molar-refractivity contribution in [2.24, 2.45) is 0 Å². The maximum atomic E-state index is 2.47. The van der Waals surface area contributed by atoms with Crippen molar-refractivity contribution in [1.29, 1.82) is 0 Å². The van der Waals surface area contributed by atoms with Gasteiger partial charge in [0.15, 0.2) is 0 Å². The molecule has 0 amide bonds. The van der Waals surface area contributed by atoms with E-state index >= 15 is 0 Å². The molecule has 0 aliphatic carbocycles. The Morgan fingerprint density at radius 3 is 2.27 bits per heavy atom. The maximum Gasteiger partial charge on any atom is 0.0456 e. The SMILES string of the molecule is C[SiH]1CC1(C)c1ccccc1. The summed E-state index contributed by atoms with van der Waals surface area (Å²) in [6.45, 7) is 4.88. The van der Waals surface area contributed by atoms with Gasteiger partial charge < -0.3 is 0 Å². The lowest BCUT2D eigenvalue weighted by Crippen LogP contribution is -2.06. The molecule has 0 radical (unpaired) electrons. The summed E-state index contributed by atoms with van der Waals surface area (Å²) in [7, 11) is -0.345. The van der Waals surface area contributed by atoms with Crippen LogP contribution in [0.1, 0.15) is 12.5 Å². The minimum atomic E-state index is -0.345. The van der Waals surface area contributed by atoms with Crippen LogP contribution in [0, 0.1) is 0 Å². The molecular weight excluding hydrogens is 148 g/mol. The number of rotatable bonds is 1. The average Bonchev–Trinajstić information content (AvgIpc) is 2.64. The highest BCUT2D eigenvalue weighted by Gasteiger charge is 2.48. The zero-order valence-electron chi connectivity index (χ0n) is 7.17. The predicted molar refractivity (Wildman–Crippen MR) is 51.6 cm³/mol. The molecule has 1 aliphatic rings. The summed E-state index contributed by atoms with van der Waals surface area (Å²) in [5.74, 6) is 0. The third-order valence-electron chi connectivity index (χ3n) is 3.09. The molecule has 0 N–H and O–H groups in total. The smallest absolute Gasteiger partial charge is 0.0456 e. The van der Waals surface area contributed by atoms with E-state index in [2.05, 4.69) is 43.8 Å². The molecule has 0 spiro atoms. The second kappa shape index (κ2) is 2.21. The van der Waals surface area contributed by atoms with E-state index in [9.17, 15) is 0 Å². The zero-order valence-corrected chi connectivity index (χ0v) is 8.33. The first-order chi connectivity index (χ1) is 5.23. The van der Waals surface area contributed by atoms with E-state index in [0.29, 0.717) is 5.04 Å². The molecule has 1 heteroatoms. The summed E-state index contributed by atoms with van der Waals surface area (Å²) in [5.41, 5.74) is 1.57. The molecule has 58 valence electrons. The predicted octanol–water partition coefficient (Wildman–Crippen LogP) is 2.35. The van der Waals surface area contributed by atoms with E-state index in [1.54, 1.807) is 5.56 Å². The molecule has 1 aromatic rings. The first-order valence-corrected chi connectivity index (χ1v) is 6.84. The Labute approximate surface area is 69.9 Å². The molecule has 1 aromatic carbocycles. The number of hydrogen-bond donors (Lipinski definition) is 0. The largest absolute Gasteiger partial charge is 0.0713 e. The second-order valence-corrected chi connectivity index (χ2v) is 7.37. The molecule has 1 fully saturated rings. The minimum absolute atomic E-state index is 0.345. The van der Waals surface area contributed by atoms with Gasteiger partial charge in [-0.3, -0.25) is 0 Å². The van der Waals surface area contributed by atoms with Crippen LogP contribution in [0.25, 0.3) is 0 Å². The molecule has 0 nitrogen and oxygen atoms in total. The van der Waals surface area contributed by atoms with Crippen molar-refractivity contribution in [2.75, 3.05) is 0 Å². The molecule has 11 heavy (non-hydrogen) atoms. The fourth-order valence-corrected chi connectivity index (χ4v) is 4.66. The van der Waals surface area contributed by atoms with Gasteiger partial charge in [-0.1, -0.05) is 49.8 Å². The van der Waals surface area contributed by atoms with Gasteiger partial charge in [0.05, 0.1) is 0 Å². The van der Waals surface area contributed by atoms with Crippen LogP contribution in [0.5, 0.6) is 0 Å². The van der Waals surface area contributed by atoms with Crippen molar-refractivity contribution in [1.82, 2.24) is 0 Å². The van der Waals surface area contributed by atoms with Gasteiger partial charge in [-0.15, -0.1) is 0 Å². The van der Waals surface area contributed by atoms with Crippen LogP contribution in [0.2, 0.25) is 12.6 Å². The summed E-state index contributed by atoms with van der Waals surface area (Å²) >= 11 is 0. The normalized spacial score (nSPS) is 35.3. The molecule has 1 heterocycles. The van der Waals surface area contributed by atoms with Gasteiger partial charge in [-0.2, -0.15) is 0 Å². The monoisotopic (exact) mass is 162 g/mol. The van der Waals surface area contributed by atoms with Crippen molar-refractivity contribution in [3.63, 3.8) is 0 Å². The molecule has 1 saturated heterocycles. The van der Waals surface area contributed by atoms with Crippen molar-refractivity contribution >= 4 is 8.80 Å². The molecular formula is C10H14Si. The summed E-state index contributed by atoms with van der Waals surface area (Å²) in [4.78, 5) is 0. The van der Waals surface area contributed by atoms with Crippen molar-refractivity contribution in [3.8, 4) is 0 Å². The standard InChI is InChI=1S/C10H14Si/c1-10(8-11(10)2)9-6-4-3-5-7-9/h3-7,11H,8H2,1-2H3. The highest BCUT2D eigenvalue weighted by molar-refractivity contribution is 6.72. The Bertz CT molecular complexity index is 255. The molecule has 2 unspecified atom stereocenters. The number of benzene rings is 1. The minimum Gasteiger partial charge on any atom is -0.0713 e. The lowest BCUT2D eigenvalue weighted by molar-refractivity contribution is 0.868. The Hall–Kier alpha value is -0.563. The highest BCUT2D eigenvalue weighted by Crippen LogP contribution is 2.47. The maximum absolute atomic E-state index is 2.47. The van der Waals surface area contributed by atoms with E-state index in [1.165, 1.54) is 6.04 Å². The van der Waals surface area contributed by atoms with E-state index in [1.807, 2.05) is 0 Å². The summed E-state index contributed by atoms with van der Waals surface area (Å²) in [5, 5.41) is 0.640. The molecule has 2 atom stereocenters. The van der Waals surface area contributed by atoms with Gasteiger partial charge in [-0.05, 0) is 10.6 Å². The first-order valence-electron chi connectivity index (χ1n) is 4.29. The quantitative estimate of drug-likeness (QED) is 0.556. The fourth-order valence-electron chi connectivity index (χ4n) is 1.80. The van der Waals surface area contributed by atoms with Gasteiger partial charge in [0.2, 0.25) is 0 Å². The Morgan fingerprint density at radius 1 is 1.27 bits per heavy atom. The third kappa shape index (κ3) is 1.04. The van der Waals surface area contributed by atoms with Crippen molar-refractivity contribution in [3.05, 3.63) is 35.9 Å². The average molecular weight is 162 g/mol. The molecule has 0 saturated carbocycles.